The number of benzene rings is 2. The predicted octanol–water partition coefficient (Wildman–Crippen LogP) is 1.86. The van der Waals surface area contributed by atoms with E-state index in [1.54, 1.807) is 18.2 Å². The van der Waals surface area contributed by atoms with Crippen LogP contribution in [0.15, 0.2) is 42.5 Å². The zero-order valence-corrected chi connectivity index (χ0v) is 18.3. The fourth-order valence-corrected chi connectivity index (χ4v) is 4.44. The number of rotatable bonds is 6. The topological polar surface area (TPSA) is 88.2 Å². The van der Waals surface area contributed by atoms with E-state index in [2.05, 4.69) is 22.3 Å². The maximum atomic E-state index is 13.0. The van der Waals surface area contributed by atoms with E-state index in [-0.39, 0.29) is 19.4 Å². The van der Waals surface area contributed by atoms with Gasteiger partial charge in [-0.3, -0.25) is 24.6 Å². The Morgan fingerprint density at radius 1 is 1.06 bits per heavy atom. The lowest BCUT2D eigenvalue weighted by molar-refractivity contribution is -0.136. The lowest BCUT2D eigenvalue weighted by Crippen LogP contribution is -2.52. The Labute approximate surface area is 193 Å². The molecule has 1 atom stereocenters. The first-order valence-electron chi connectivity index (χ1n) is 11.7. The number of fused-ring (bicyclic) bond motifs is 1. The molecule has 2 aromatic rings. The van der Waals surface area contributed by atoms with Crippen molar-refractivity contribution in [2.45, 2.75) is 38.6 Å². The van der Waals surface area contributed by atoms with Gasteiger partial charge in [0.15, 0.2) is 0 Å². The quantitative estimate of drug-likeness (QED) is 0.676. The first kappa shape index (κ1) is 20.4. The normalized spacial score (nSPS) is 23.8. The van der Waals surface area contributed by atoms with Gasteiger partial charge in [-0.15, -0.1) is 0 Å². The van der Waals surface area contributed by atoms with Crippen molar-refractivity contribution in [1.82, 2.24) is 15.1 Å². The fourth-order valence-electron chi connectivity index (χ4n) is 4.44. The minimum absolute atomic E-state index is 0.0234. The number of carbonyl (C=O) groups excluding carboxylic acids is 3. The van der Waals surface area contributed by atoms with Gasteiger partial charge in [-0.05, 0) is 29.7 Å². The molecule has 2 aromatic carbocycles. The number of imide groups is 1. The van der Waals surface area contributed by atoms with Gasteiger partial charge in [-0.1, -0.05) is 30.3 Å². The summed E-state index contributed by atoms with van der Waals surface area (Å²) in [6, 6.07) is 11.7. The van der Waals surface area contributed by atoms with Gasteiger partial charge in [-0.2, -0.15) is 0 Å². The maximum Gasteiger partial charge on any atom is 0.255 e. The first-order valence-corrected chi connectivity index (χ1v) is 11.2. The average Bonchev–Trinajstić information content (AvgIpc) is 3.20. The number of nitrogens with zero attached hydrogens (tertiary/aromatic N) is 2. The molecule has 1 N–H and O–H groups in total. The molecule has 5 rings (SSSR count). The highest BCUT2D eigenvalue weighted by Crippen LogP contribution is 2.34. The molecule has 0 aliphatic carbocycles. The second-order valence-corrected chi connectivity index (χ2v) is 8.49. The molecule has 33 heavy (non-hydrogen) atoms. The molecule has 0 saturated carbocycles. The summed E-state index contributed by atoms with van der Waals surface area (Å²) in [6.45, 7) is 4.75. The van der Waals surface area contributed by atoms with Crippen molar-refractivity contribution in [2.75, 3.05) is 26.3 Å². The van der Waals surface area contributed by atoms with Gasteiger partial charge in [0, 0.05) is 37.2 Å². The second-order valence-electron chi connectivity index (χ2n) is 8.49. The van der Waals surface area contributed by atoms with Crippen LogP contribution in [0.3, 0.4) is 0 Å². The predicted molar refractivity (Wildman–Crippen MR) is 119 cm³/mol. The number of hydrogen-bond donors (Lipinski definition) is 1. The van der Waals surface area contributed by atoms with E-state index in [4.69, 9.17) is 10.8 Å². The van der Waals surface area contributed by atoms with Crippen molar-refractivity contribution in [3.05, 3.63) is 64.7 Å². The van der Waals surface area contributed by atoms with Crippen LogP contribution < -0.4 is 10.1 Å². The van der Waals surface area contributed by atoms with Crippen LogP contribution in [-0.4, -0.2) is 59.8 Å². The van der Waals surface area contributed by atoms with E-state index in [1.165, 1.54) is 10.5 Å². The van der Waals surface area contributed by atoms with Crippen LogP contribution >= 0.6 is 0 Å². The molecule has 8 heteroatoms. The Balaban J connectivity index is 1.25. The van der Waals surface area contributed by atoms with Crippen LogP contribution in [-0.2, 0) is 34.0 Å². The average molecular weight is 451 g/mol. The van der Waals surface area contributed by atoms with Crippen molar-refractivity contribution in [1.29, 1.82) is 0 Å². The standard InChI is InChI=1S/C25H27N3O5/c29-23-9-8-21(24(30)26-23)28-15-20-19(25(28)31)2-1-3-22(20)33-16-18-6-4-17(5-7-18)14-27-10-12-32-13-11-27/h1-7,21H,8-16H2,(H,26,29,30)/i21D. The molecule has 1 unspecified atom stereocenters. The van der Waals surface area contributed by atoms with Crippen LogP contribution in [0.1, 0.15) is 41.3 Å². The van der Waals surface area contributed by atoms with E-state index < -0.39 is 23.7 Å². The van der Waals surface area contributed by atoms with Gasteiger partial charge in [0.05, 0.1) is 21.1 Å². The smallest absolute Gasteiger partial charge is 0.255 e. The molecule has 8 nitrogen and oxygen atoms in total. The van der Waals surface area contributed by atoms with E-state index >= 15 is 0 Å². The third kappa shape index (κ3) is 4.62. The molecule has 3 aliphatic heterocycles. The van der Waals surface area contributed by atoms with Gasteiger partial charge >= 0.3 is 0 Å². The van der Waals surface area contributed by atoms with Crippen LogP contribution in [0.4, 0.5) is 0 Å². The Hall–Kier alpha value is -3.23. The molecule has 3 aliphatic rings. The van der Waals surface area contributed by atoms with E-state index in [1.807, 2.05) is 12.1 Å². The van der Waals surface area contributed by atoms with Crippen molar-refractivity contribution >= 4 is 17.7 Å². The summed E-state index contributed by atoms with van der Waals surface area (Å²) in [5.74, 6) is -1.02. The highest BCUT2D eigenvalue weighted by molar-refractivity contribution is 6.05. The van der Waals surface area contributed by atoms with Crippen molar-refractivity contribution in [2.24, 2.45) is 0 Å². The molecular weight excluding hydrogens is 422 g/mol. The summed E-state index contributed by atoms with van der Waals surface area (Å²) in [5.41, 5.74) is 3.33. The zero-order chi connectivity index (χ0) is 23.7. The van der Waals surface area contributed by atoms with Crippen LogP contribution in [0, 0.1) is 0 Å². The Kier molecular flexibility index (Phi) is 5.76. The number of nitrogens with one attached hydrogen (secondary N) is 1. The molecule has 3 amide bonds. The lowest BCUT2D eigenvalue weighted by atomic mass is 10.0. The number of carbonyl (C=O) groups is 3. The van der Waals surface area contributed by atoms with E-state index in [0.717, 1.165) is 38.4 Å². The fraction of sp³-hybridized carbons (Fsp3) is 0.400. The summed E-state index contributed by atoms with van der Waals surface area (Å²) >= 11 is 0. The zero-order valence-electron chi connectivity index (χ0n) is 19.3. The van der Waals surface area contributed by atoms with Crippen LogP contribution in [0.25, 0.3) is 0 Å². The van der Waals surface area contributed by atoms with Crippen LogP contribution in [0.5, 0.6) is 5.75 Å². The molecule has 0 spiro atoms. The van der Waals surface area contributed by atoms with Gasteiger partial charge in [0.2, 0.25) is 11.8 Å². The monoisotopic (exact) mass is 450 g/mol. The SMILES string of the molecule is [2H]C1(N2Cc3c(OCc4ccc(CN5CCOCC5)cc4)cccc3C2=O)CCC(=O)NC1=O. The molecule has 0 radical (unpaired) electrons. The largest absolute Gasteiger partial charge is 0.489 e. The molecule has 172 valence electrons. The molecule has 0 bridgehead atoms. The van der Waals surface area contributed by atoms with Gasteiger partial charge in [0.1, 0.15) is 18.4 Å². The first-order chi connectivity index (χ1) is 16.4. The minimum atomic E-state index is -1.81. The Bertz CT molecular complexity index is 1120. The number of ether oxygens (including phenoxy) is 2. The number of amides is 3. The maximum absolute atomic E-state index is 13.0. The molecule has 0 aromatic heterocycles. The second kappa shape index (κ2) is 9.33. The summed E-state index contributed by atoms with van der Waals surface area (Å²) < 4.78 is 20.1. The minimum Gasteiger partial charge on any atom is -0.489 e. The van der Waals surface area contributed by atoms with Crippen molar-refractivity contribution < 1.29 is 25.2 Å². The molecular formula is C25H27N3O5. The third-order valence-corrected chi connectivity index (χ3v) is 6.28. The van der Waals surface area contributed by atoms with E-state index in [9.17, 15) is 14.4 Å². The molecule has 2 saturated heterocycles. The number of hydrogen-bond acceptors (Lipinski definition) is 6. The van der Waals surface area contributed by atoms with Crippen molar-refractivity contribution in [3.8, 4) is 5.75 Å². The number of piperidine rings is 1. The summed E-state index contributed by atoms with van der Waals surface area (Å²) in [6.07, 6.45) is 0.00461. The van der Waals surface area contributed by atoms with Gasteiger partial charge in [0.25, 0.3) is 5.91 Å². The highest BCUT2D eigenvalue weighted by Gasteiger charge is 2.40. The van der Waals surface area contributed by atoms with Gasteiger partial charge < -0.3 is 14.4 Å². The molecule has 2 fully saturated rings. The van der Waals surface area contributed by atoms with Crippen LogP contribution in [0.2, 0.25) is 0 Å². The summed E-state index contributed by atoms with van der Waals surface area (Å²) in [4.78, 5) is 40.6. The van der Waals surface area contributed by atoms with E-state index in [0.29, 0.717) is 23.5 Å². The summed E-state index contributed by atoms with van der Waals surface area (Å²) in [7, 11) is 0. The Morgan fingerprint density at radius 2 is 1.82 bits per heavy atom. The number of morpholine rings is 1. The third-order valence-electron chi connectivity index (χ3n) is 6.28. The lowest BCUT2D eigenvalue weighted by Gasteiger charge is -2.29. The summed E-state index contributed by atoms with van der Waals surface area (Å²) in [5, 5.41) is 2.19. The highest BCUT2D eigenvalue weighted by atomic mass is 16.5. The molecule has 3 heterocycles. The van der Waals surface area contributed by atoms with Crippen molar-refractivity contribution in [3.63, 3.8) is 0 Å². The Morgan fingerprint density at radius 3 is 2.58 bits per heavy atom. The van der Waals surface area contributed by atoms with Gasteiger partial charge in [-0.25, -0.2) is 0 Å².